The van der Waals surface area contributed by atoms with Crippen LogP contribution in [0.5, 0.6) is 0 Å². The Bertz CT molecular complexity index is 464. The van der Waals surface area contributed by atoms with Crippen LogP contribution in [0.15, 0.2) is 30.3 Å². The molecular formula is C17H27ClN2O3. The van der Waals surface area contributed by atoms with Gasteiger partial charge in [-0.1, -0.05) is 30.3 Å². The average molecular weight is 343 g/mol. The van der Waals surface area contributed by atoms with E-state index in [1.54, 1.807) is 6.92 Å². The summed E-state index contributed by atoms with van der Waals surface area (Å²) in [6.45, 7) is 5.09. The fraction of sp³-hybridized carbons (Fsp3) is 0.588. The van der Waals surface area contributed by atoms with E-state index >= 15 is 0 Å². The number of hydrogen-bond acceptors (Lipinski definition) is 4. The molecule has 0 saturated carbocycles. The summed E-state index contributed by atoms with van der Waals surface area (Å²) < 4.78 is 11.7. The van der Waals surface area contributed by atoms with E-state index in [4.69, 9.17) is 15.2 Å². The van der Waals surface area contributed by atoms with Gasteiger partial charge in [-0.3, -0.25) is 4.79 Å². The molecule has 1 saturated heterocycles. The summed E-state index contributed by atoms with van der Waals surface area (Å²) in [6.07, 6.45) is 1.75. The molecule has 0 bridgehead atoms. The Kier molecular flexibility index (Phi) is 8.55. The molecule has 5 nitrogen and oxygen atoms in total. The number of halogens is 1. The minimum absolute atomic E-state index is 0. The van der Waals surface area contributed by atoms with E-state index in [1.807, 2.05) is 37.3 Å². The van der Waals surface area contributed by atoms with Gasteiger partial charge in [0.05, 0.1) is 18.2 Å². The third-order valence-corrected chi connectivity index (χ3v) is 3.87. The van der Waals surface area contributed by atoms with Gasteiger partial charge < -0.3 is 20.5 Å². The minimum Gasteiger partial charge on any atom is -0.381 e. The zero-order valence-corrected chi connectivity index (χ0v) is 14.6. The molecule has 1 amide bonds. The fourth-order valence-corrected chi connectivity index (χ4v) is 2.58. The minimum atomic E-state index is -0.526. The molecule has 0 aliphatic carbocycles. The smallest absolute Gasteiger partial charge is 0.236 e. The molecule has 3 atom stereocenters. The van der Waals surface area contributed by atoms with Crippen molar-refractivity contribution in [1.29, 1.82) is 0 Å². The second-order valence-corrected chi connectivity index (χ2v) is 5.87. The van der Waals surface area contributed by atoms with E-state index in [0.717, 1.165) is 31.6 Å². The number of hydrogen-bond donors (Lipinski definition) is 2. The first-order valence-electron chi connectivity index (χ1n) is 7.92. The maximum absolute atomic E-state index is 11.9. The molecule has 1 aliphatic rings. The summed E-state index contributed by atoms with van der Waals surface area (Å²) in [5, 5.41) is 2.95. The SMILES string of the molecule is CC(N)C(=O)NC(C)C(OC1CCOCC1)c1ccccc1.Cl. The van der Waals surface area contributed by atoms with Crippen LogP contribution < -0.4 is 11.1 Å². The first kappa shape index (κ1) is 19.9. The maximum atomic E-state index is 11.9. The Morgan fingerprint density at radius 3 is 2.43 bits per heavy atom. The second-order valence-electron chi connectivity index (χ2n) is 5.87. The third kappa shape index (κ3) is 6.11. The van der Waals surface area contributed by atoms with E-state index in [-0.39, 0.29) is 36.6 Å². The molecule has 23 heavy (non-hydrogen) atoms. The third-order valence-electron chi connectivity index (χ3n) is 3.87. The van der Waals surface area contributed by atoms with Crippen molar-refractivity contribution in [2.75, 3.05) is 13.2 Å². The maximum Gasteiger partial charge on any atom is 0.236 e. The molecule has 1 aromatic rings. The predicted molar refractivity (Wildman–Crippen MR) is 92.6 cm³/mol. The van der Waals surface area contributed by atoms with Crippen LogP contribution in [0.25, 0.3) is 0 Å². The summed E-state index contributed by atoms with van der Waals surface area (Å²) in [5.41, 5.74) is 6.70. The van der Waals surface area contributed by atoms with Gasteiger partial charge in [0.1, 0.15) is 6.10 Å². The van der Waals surface area contributed by atoms with Gasteiger partial charge >= 0.3 is 0 Å². The van der Waals surface area contributed by atoms with Gasteiger partial charge in [0.15, 0.2) is 0 Å². The molecule has 1 aromatic carbocycles. The topological polar surface area (TPSA) is 73.6 Å². The molecule has 1 heterocycles. The number of carbonyl (C=O) groups is 1. The van der Waals surface area contributed by atoms with Gasteiger partial charge in [-0.05, 0) is 32.3 Å². The Morgan fingerprint density at radius 1 is 1.26 bits per heavy atom. The highest BCUT2D eigenvalue weighted by molar-refractivity contribution is 5.85. The Labute approximate surface area is 144 Å². The zero-order chi connectivity index (χ0) is 15.9. The van der Waals surface area contributed by atoms with Crippen LogP contribution in [0, 0.1) is 0 Å². The van der Waals surface area contributed by atoms with Gasteiger partial charge in [0.2, 0.25) is 5.91 Å². The Morgan fingerprint density at radius 2 is 1.87 bits per heavy atom. The van der Waals surface area contributed by atoms with Crippen molar-refractivity contribution in [2.24, 2.45) is 5.73 Å². The summed E-state index contributed by atoms with van der Waals surface area (Å²) in [6, 6.07) is 9.31. The van der Waals surface area contributed by atoms with E-state index in [1.165, 1.54) is 0 Å². The molecule has 130 valence electrons. The lowest BCUT2D eigenvalue weighted by molar-refractivity contribution is -0.125. The van der Waals surface area contributed by atoms with Gasteiger partial charge in [-0.25, -0.2) is 0 Å². The first-order chi connectivity index (χ1) is 10.6. The van der Waals surface area contributed by atoms with Crippen molar-refractivity contribution in [2.45, 2.75) is 51.0 Å². The standard InChI is InChI=1S/C17H26N2O3.ClH/c1-12(18)17(20)19-13(2)16(14-6-4-3-5-7-14)22-15-8-10-21-11-9-15;/h3-7,12-13,15-16H,8-11,18H2,1-2H3,(H,19,20);1H. The molecule has 1 aliphatic heterocycles. The van der Waals surface area contributed by atoms with E-state index in [9.17, 15) is 4.79 Å². The lowest BCUT2D eigenvalue weighted by Gasteiger charge is -2.32. The molecule has 1 fully saturated rings. The highest BCUT2D eigenvalue weighted by Crippen LogP contribution is 2.26. The van der Waals surface area contributed by atoms with Crippen molar-refractivity contribution in [3.63, 3.8) is 0 Å². The van der Waals surface area contributed by atoms with Crippen molar-refractivity contribution in [3.05, 3.63) is 35.9 Å². The van der Waals surface area contributed by atoms with Crippen LogP contribution in [0.2, 0.25) is 0 Å². The number of nitrogens with two attached hydrogens (primary N) is 1. The van der Waals surface area contributed by atoms with Crippen LogP contribution in [-0.2, 0) is 14.3 Å². The molecule has 3 unspecified atom stereocenters. The number of carbonyl (C=O) groups excluding carboxylic acids is 1. The van der Waals surface area contributed by atoms with Crippen LogP contribution in [-0.4, -0.2) is 37.3 Å². The molecule has 3 N–H and O–H groups in total. The van der Waals surface area contributed by atoms with E-state index < -0.39 is 6.04 Å². The summed E-state index contributed by atoms with van der Waals surface area (Å²) >= 11 is 0. The number of rotatable bonds is 6. The van der Waals surface area contributed by atoms with Crippen molar-refractivity contribution < 1.29 is 14.3 Å². The molecule has 0 aromatic heterocycles. The normalized spacial score (nSPS) is 19.3. The van der Waals surface area contributed by atoms with E-state index in [0.29, 0.717) is 0 Å². The second kappa shape index (κ2) is 9.88. The monoisotopic (exact) mass is 342 g/mol. The largest absolute Gasteiger partial charge is 0.381 e. The van der Waals surface area contributed by atoms with Crippen LogP contribution in [0.4, 0.5) is 0 Å². The van der Waals surface area contributed by atoms with Crippen LogP contribution in [0.3, 0.4) is 0 Å². The zero-order valence-electron chi connectivity index (χ0n) is 13.7. The molecule has 0 spiro atoms. The van der Waals surface area contributed by atoms with Crippen molar-refractivity contribution in [1.82, 2.24) is 5.32 Å². The van der Waals surface area contributed by atoms with Gasteiger partial charge in [-0.2, -0.15) is 0 Å². The summed E-state index contributed by atoms with van der Waals surface area (Å²) in [4.78, 5) is 11.9. The molecular weight excluding hydrogens is 316 g/mol. The molecule has 2 rings (SSSR count). The summed E-state index contributed by atoms with van der Waals surface area (Å²) in [5.74, 6) is -0.163. The average Bonchev–Trinajstić information content (AvgIpc) is 2.54. The Balaban J connectivity index is 0.00000264. The summed E-state index contributed by atoms with van der Waals surface area (Å²) in [7, 11) is 0. The van der Waals surface area contributed by atoms with Crippen LogP contribution in [0.1, 0.15) is 38.4 Å². The van der Waals surface area contributed by atoms with Gasteiger partial charge in [-0.15, -0.1) is 12.4 Å². The quantitative estimate of drug-likeness (QED) is 0.831. The number of nitrogens with one attached hydrogen (secondary N) is 1. The molecule has 0 radical (unpaired) electrons. The van der Waals surface area contributed by atoms with Crippen molar-refractivity contribution >= 4 is 18.3 Å². The lowest BCUT2D eigenvalue weighted by atomic mass is 10.0. The highest BCUT2D eigenvalue weighted by atomic mass is 35.5. The van der Waals surface area contributed by atoms with Crippen molar-refractivity contribution in [3.8, 4) is 0 Å². The van der Waals surface area contributed by atoms with Gasteiger partial charge in [0.25, 0.3) is 0 Å². The van der Waals surface area contributed by atoms with E-state index in [2.05, 4.69) is 5.32 Å². The fourth-order valence-electron chi connectivity index (χ4n) is 2.58. The highest BCUT2D eigenvalue weighted by Gasteiger charge is 2.27. The first-order valence-corrected chi connectivity index (χ1v) is 7.92. The lowest BCUT2D eigenvalue weighted by Crippen LogP contribution is -2.46. The number of benzene rings is 1. The van der Waals surface area contributed by atoms with Gasteiger partial charge in [0, 0.05) is 13.2 Å². The number of amides is 1. The predicted octanol–water partition coefficient (Wildman–Crippen LogP) is 2.20. The number of ether oxygens (including phenoxy) is 2. The van der Waals surface area contributed by atoms with Crippen LogP contribution >= 0.6 is 12.4 Å². The Hall–Kier alpha value is -1.14. The molecule has 6 heteroatoms.